The molecule has 0 spiro atoms. The third kappa shape index (κ3) is 1.73. The molecule has 2 rings (SSSR count). The van der Waals surface area contributed by atoms with Gasteiger partial charge in [-0.05, 0) is 12.1 Å². The fraction of sp³-hybridized carbons (Fsp3) is 0.182. The molecule has 0 saturated heterocycles. The van der Waals surface area contributed by atoms with Crippen LogP contribution in [-0.2, 0) is 0 Å². The van der Waals surface area contributed by atoms with Crippen LogP contribution >= 0.6 is 0 Å². The highest BCUT2D eigenvalue weighted by Crippen LogP contribution is 2.14. The summed E-state index contributed by atoms with van der Waals surface area (Å²) < 4.78 is 1.54. The molecule has 0 radical (unpaired) electrons. The number of rotatable bonds is 2. The Hall–Kier alpha value is -2.35. The Labute approximate surface area is 93.2 Å². The van der Waals surface area contributed by atoms with Crippen molar-refractivity contribution in [3.8, 4) is 6.07 Å². The molecule has 2 aromatic rings. The Kier molecular flexibility index (Phi) is 2.56. The Morgan fingerprint density at radius 3 is 2.88 bits per heavy atom. The van der Waals surface area contributed by atoms with Gasteiger partial charge in [-0.3, -0.25) is 0 Å². The Morgan fingerprint density at radius 1 is 1.44 bits per heavy atom. The molecular weight excluding hydrogens is 202 g/mol. The van der Waals surface area contributed by atoms with Crippen LogP contribution in [0.3, 0.4) is 0 Å². The number of fused-ring (bicyclic) bond motifs is 1. The van der Waals surface area contributed by atoms with Gasteiger partial charge in [0.1, 0.15) is 11.6 Å². The van der Waals surface area contributed by atoms with Gasteiger partial charge < -0.3 is 4.90 Å². The van der Waals surface area contributed by atoms with Gasteiger partial charge in [0.05, 0.1) is 5.52 Å². The van der Waals surface area contributed by atoms with Gasteiger partial charge in [-0.1, -0.05) is 17.3 Å². The number of nitrogens with zero attached hydrogens (tertiary/aromatic N) is 5. The van der Waals surface area contributed by atoms with Crippen molar-refractivity contribution in [2.45, 2.75) is 0 Å². The van der Waals surface area contributed by atoms with Gasteiger partial charge in [0.15, 0.2) is 5.70 Å². The molecule has 1 heterocycles. The second kappa shape index (κ2) is 4.03. The molecule has 0 fully saturated rings. The quantitative estimate of drug-likeness (QED) is 0.706. The maximum absolute atomic E-state index is 9.07. The standard InChI is InChI=1S/C11H11N5/c1-15(2)8-9(7-12)16-11-6-4-3-5-10(11)13-14-16/h3-6,8H,1-2H3/b9-8+. The summed E-state index contributed by atoms with van der Waals surface area (Å²) in [7, 11) is 3.72. The number of benzene rings is 1. The number of hydrogen-bond donors (Lipinski definition) is 0. The lowest BCUT2D eigenvalue weighted by Crippen LogP contribution is -2.06. The number of nitriles is 1. The summed E-state index contributed by atoms with van der Waals surface area (Å²) in [6.07, 6.45) is 1.71. The molecule has 1 aromatic heterocycles. The number of hydrogen-bond acceptors (Lipinski definition) is 4. The van der Waals surface area contributed by atoms with Crippen LogP contribution < -0.4 is 0 Å². The lowest BCUT2D eigenvalue weighted by Gasteiger charge is -2.06. The predicted molar refractivity (Wildman–Crippen MR) is 61.1 cm³/mol. The van der Waals surface area contributed by atoms with E-state index in [0.29, 0.717) is 5.70 Å². The second-order valence-electron chi connectivity index (χ2n) is 3.58. The normalized spacial score (nSPS) is 11.4. The topological polar surface area (TPSA) is 57.7 Å². The van der Waals surface area contributed by atoms with E-state index in [2.05, 4.69) is 16.4 Å². The number of aromatic nitrogens is 3. The van der Waals surface area contributed by atoms with Gasteiger partial charge in [-0.25, -0.2) is 4.68 Å². The van der Waals surface area contributed by atoms with Gasteiger partial charge in [0.2, 0.25) is 0 Å². The van der Waals surface area contributed by atoms with Gasteiger partial charge in [0.25, 0.3) is 0 Å². The zero-order valence-corrected chi connectivity index (χ0v) is 9.12. The molecule has 0 unspecified atom stereocenters. The SMILES string of the molecule is CN(C)/C=C(\C#N)n1nnc2ccccc21. The van der Waals surface area contributed by atoms with Crippen molar-refractivity contribution in [1.29, 1.82) is 5.26 Å². The lowest BCUT2D eigenvalue weighted by atomic mass is 10.3. The molecule has 0 aliphatic rings. The van der Waals surface area contributed by atoms with E-state index in [1.165, 1.54) is 4.68 Å². The van der Waals surface area contributed by atoms with Crippen LogP contribution in [0.15, 0.2) is 30.5 Å². The zero-order chi connectivity index (χ0) is 11.5. The summed E-state index contributed by atoms with van der Waals surface area (Å²) in [5.74, 6) is 0. The van der Waals surface area contributed by atoms with Crippen molar-refractivity contribution in [1.82, 2.24) is 19.9 Å². The maximum Gasteiger partial charge on any atom is 0.160 e. The van der Waals surface area contributed by atoms with Crippen molar-refractivity contribution in [2.75, 3.05) is 14.1 Å². The summed E-state index contributed by atoms with van der Waals surface area (Å²) >= 11 is 0. The molecule has 5 heteroatoms. The average Bonchev–Trinajstić information content (AvgIpc) is 2.69. The van der Waals surface area contributed by atoms with E-state index in [1.807, 2.05) is 38.4 Å². The fourth-order valence-electron chi connectivity index (χ4n) is 1.42. The molecule has 0 N–H and O–H groups in total. The minimum Gasteiger partial charge on any atom is -0.381 e. The number of para-hydroxylation sites is 1. The Balaban J connectivity index is 2.59. The summed E-state index contributed by atoms with van der Waals surface area (Å²) in [5.41, 5.74) is 2.05. The first kappa shape index (κ1) is 10.2. The fourth-order valence-corrected chi connectivity index (χ4v) is 1.42. The molecule has 1 aromatic carbocycles. The van der Waals surface area contributed by atoms with Crippen LogP contribution in [0.25, 0.3) is 16.7 Å². The monoisotopic (exact) mass is 213 g/mol. The van der Waals surface area contributed by atoms with Crippen molar-refractivity contribution < 1.29 is 0 Å². The van der Waals surface area contributed by atoms with Crippen LogP contribution in [0.2, 0.25) is 0 Å². The maximum atomic E-state index is 9.07. The highest BCUT2D eigenvalue weighted by atomic mass is 15.4. The lowest BCUT2D eigenvalue weighted by molar-refractivity contribution is 0.562. The van der Waals surface area contributed by atoms with Crippen LogP contribution in [0.1, 0.15) is 0 Å². The van der Waals surface area contributed by atoms with Gasteiger partial charge in [-0.2, -0.15) is 5.26 Å². The molecular formula is C11H11N5. The van der Waals surface area contributed by atoms with E-state index < -0.39 is 0 Å². The van der Waals surface area contributed by atoms with Gasteiger partial charge >= 0.3 is 0 Å². The van der Waals surface area contributed by atoms with E-state index in [0.717, 1.165) is 11.0 Å². The van der Waals surface area contributed by atoms with Crippen LogP contribution in [0, 0.1) is 11.3 Å². The largest absolute Gasteiger partial charge is 0.381 e. The zero-order valence-electron chi connectivity index (χ0n) is 9.12. The molecule has 80 valence electrons. The third-order valence-electron chi connectivity index (χ3n) is 2.08. The molecule has 0 aliphatic carbocycles. The van der Waals surface area contributed by atoms with Crippen molar-refractivity contribution in [3.63, 3.8) is 0 Å². The van der Waals surface area contributed by atoms with Gasteiger partial charge in [-0.15, -0.1) is 5.10 Å². The minimum absolute atomic E-state index is 0.443. The third-order valence-corrected chi connectivity index (χ3v) is 2.08. The highest BCUT2D eigenvalue weighted by molar-refractivity contribution is 5.79. The van der Waals surface area contributed by atoms with Crippen LogP contribution in [0.5, 0.6) is 0 Å². The second-order valence-corrected chi connectivity index (χ2v) is 3.58. The molecule has 0 aliphatic heterocycles. The molecule has 0 atom stereocenters. The Bertz CT molecular complexity index is 573. The smallest absolute Gasteiger partial charge is 0.160 e. The molecule has 0 saturated carbocycles. The van der Waals surface area contributed by atoms with Crippen molar-refractivity contribution in [3.05, 3.63) is 30.5 Å². The first-order valence-electron chi connectivity index (χ1n) is 4.81. The van der Waals surface area contributed by atoms with Gasteiger partial charge in [0, 0.05) is 20.3 Å². The first-order chi connectivity index (χ1) is 7.72. The predicted octanol–water partition coefficient (Wildman–Crippen LogP) is 1.31. The van der Waals surface area contributed by atoms with E-state index in [4.69, 9.17) is 5.26 Å². The van der Waals surface area contributed by atoms with E-state index in [1.54, 1.807) is 11.1 Å². The van der Waals surface area contributed by atoms with Crippen molar-refractivity contribution >= 4 is 16.7 Å². The molecule has 0 bridgehead atoms. The molecule has 16 heavy (non-hydrogen) atoms. The average molecular weight is 213 g/mol. The molecule has 0 amide bonds. The van der Waals surface area contributed by atoms with Crippen LogP contribution in [-0.4, -0.2) is 34.0 Å². The number of allylic oxidation sites excluding steroid dienone is 1. The van der Waals surface area contributed by atoms with Crippen LogP contribution in [0.4, 0.5) is 0 Å². The summed E-state index contributed by atoms with van der Waals surface area (Å²) in [6.45, 7) is 0. The summed E-state index contributed by atoms with van der Waals surface area (Å²) in [5, 5.41) is 17.0. The van der Waals surface area contributed by atoms with E-state index in [9.17, 15) is 0 Å². The highest BCUT2D eigenvalue weighted by Gasteiger charge is 2.07. The van der Waals surface area contributed by atoms with E-state index in [-0.39, 0.29) is 0 Å². The Morgan fingerprint density at radius 2 is 2.19 bits per heavy atom. The first-order valence-corrected chi connectivity index (χ1v) is 4.81. The summed E-state index contributed by atoms with van der Waals surface area (Å²) in [6, 6.07) is 9.65. The summed E-state index contributed by atoms with van der Waals surface area (Å²) in [4.78, 5) is 1.80. The minimum atomic E-state index is 0.443. The molecule has 5 nitrogen and oxygen atoms in total. The van der Waals surface area contributed by atoms with E-state index >= 15 is 0 Å². The van der Waals surface area contributed by atoms with Crippen molar-refractivity contribution in [2.24, 2.45) is 0 Å².